The first kappa shape index (κ1) is 12.7. The molecule has 0 unspecified atom stereocenters. The van der Waals surface area contributed by atoms with Gasteiger partial charge in [0, 0.05) is 11.2 Å². The minimum Gasteiger partial charge on any atom is -0.380 e. The van der Waals surface area contributed by atoms with Crippen molar-refractivity contribution >= 4 is 5.69 Å². The summed E-state index contributed by atoms with van der Waals surface area (Å²) in [5.74, 6) is 0. The molecule has 0 saturated heterocycles. The van der Waals surface area contributed by atoms with Gasteiger partial charge in [-0.05, 0) is 50.5 Å². The largest absolute Gasteiger partial charge is 0.380 e. The molecule has 0 heterocycles. The summed E-state index contributed by atoms with van der Waals surface area (Å²) >= 11 is 0. The van der Waals surface area contributed by atoms with Crippen molar-refractivity contribution in [3.63, 3.8) is 0 Å². The molecule has 0 aliphatic carbocycles. The average Bonchev–Trinajstić information content (AvgIpc) is 2.31. The van der Waals surface area contributed by atoms with Crippen LogP contribution in [0.3, 0.4) is 0 Å². The molecule has 0 radical (unpaired) electrons. The summed E-state index contributed by atoms with van der Waals surface area (Å²) < 4.78 is 0. The van der Waals surface area contributed by atoms with E-state index >= 15 is 0 Å². The molecule has 0 saturated carbocycles. The predicted molar refractivity (Wildman–Crippen MR) is 80.0 cm³/mol. The maximum absolute atomic E-state index is 3.56. The third-order valence-electron chi connectivity index (χ3n) is 2.93. The van der Waals surface area contributed by atoms with Gasteiger partial charge in [0.25, 0.3) is 0 Å². The zero-order chi connectivity index (χ0) is 13.2. The molecule has 0 amide bonds. The van der Waals surface area contributed by atoms with Crippen LogP contribution in [0.1, 0.15) is 26.3 Å². The quantitative estimate of drug-likeness (QED) is 0.788. The molecule has 0 bridgehead atoms. The molecule has 1 heteroatoms. The van der Waals surface area contributed by atoms with Crippen molar-refractivity contribution in [1.82, 2.24) is 0 Å². The lowest BCUT2D eigenvalue weighted by Gasteiger charge is -2.24. The van der Waals surface area contributed by atoms with E-state index in [9.17, 15) is 0 Å². The standard InChI is InChI=1S/C17H21N/c1-13-15(14-9-6-5-7-10-14)11-8-12-16(13)18-17(2,3)4/h5-12,18H,1-4H3. The lowest BCUT2D eigenvalue weighted by Crippen LogP contribution is -2.26. The molecule has 0 atom stereocenters. The molecule has 0 aliphatic heterocycles. The van der Waals surface area contributed by atoms with E-state index in [2.05, 4.69) is 81.5 Å². The highest BCUT2D eigenvalue weighted by molar-refractivity contribution is 5.73. The van der Waals surface area contributed by atoms with Gasteiger partial charge < -0.3 is 5.32 Å². The number of benzene rings is 2. The molecule has 0 aliphatic rings. The van der Waals surface area contributed by atoms with E-state index in [1.165, 1.54) is 22.4 Å². The van der Waals surface area contributed by atoms with Crippen LogP contribution in [0.2, 0.25) is 0 Å². The van der Waals surface area contributed by atoms with Crippen molar-refractivity contribution in [2.75, 3.05) is 5.32 Å². The second-order valence-electron chi connectivity index (χ2n) is 5.72. The summed E-state index contributed by atoms with van der Waals surface area (Å²) in [7, 11) is 0. The van der Waals surface area contributed by atoms with Crippen LogP contribution in [-0.2, 0) is 0 Å². The van der Waals surface area contributed by atoms with Crippen LogP contribution in [0.25, 0.3) is 11.1 Å². The molecular formula is C17H21N. The highest BCUT2D eigenvalue weighted by Gasteiger charge is 2.12. The SMILES string of the molecule is Cc1c(NC(C)(C)C)cccc1-c1ccccc1. The van der Waals surface area contributed by atoms with Crippen molar-refractivity contribution in [3.05, 3.63) is 54.1 Å². The first-order valence-electron chi connectivity index (χ1n) is 6.40. The Morgan fingerprint density at radius 2 is 1.50 bits per heavy atom. The fourth-order valence-corrected chi connectivity index (χ4v) is 2.11. The van der Waals surface area contributed by atoms with Gasteiger partial charge in [-0.3, -0.25) is 0 Å². The van der Waals surface area contributed by atoms with Crippen molar-refractivity contribution in [3.8, 4) is 11.1 Å². The summed E-state index contributed by atoms with van der Waals surface area (Å²) in [6, 6.07) is 17.0. The normalized spacial score (nSPS) is 11.3. The van der Waals surface area contributed by atoms with Crippen molar-refractivity contribution in [2.45, 2.75) is 33.2 Å². The van der Waals surface area contributed by atoms with Gasteiger partial charge in [0.05, 0.1) is 0 Å². The predicted octanol–water partition coefficient (Wildman–Crippen LogP) is 4.87. The van der Waals surface area contributed by atoms with Crippen LogP contribution in [-0.4, -0.2) is 5.54 Å². The van der Waals surface area contributed by atoms with Gasteiger partial charge in [-0.15, -0.1) is 0 Å². The van der Waals surface area contributed by atoms with Gasteiger partial charge in [-0.2, -0.15) is 0 Å². The minimum atomic E-state index is 0.0834. The van der Waals surface area contributed by atoms with Gasteiger partial charge in [0.1, 0.15) is 0 Å². The highest BCUT2D eigenvalue weighted by atomic mass is 15.0. The van der Waals surface area contributed by atoms with E-state index in [4.69, 9.17) is 0 Å². The Morgan fingerprint density at radius 3 is 2.11 bits per heavy atom. The zero-order valence-electron chi connectivity index (χ0n) is 11.6. The molecule has 2 aromatic rings. The van der Waals surface area contributed by atoms with Gasteiger partial charge >= 0.3 is 0 Å². The second-order valence-corrected chi connectivity index (χ2v) is 5.72. The van der Waals surface area contributed by atoms with Crippen molar-refractivity contribution < 1.29 is 0 Å². The van der Waals surface area contributed by atoms with E-state index in [1.54, 1.807) is 0 Å². The number of hydrogen-bond donors (Lipinski definition) is 1. The molecule has 18 heavy (non-hydrogen) atoms. The number of hydrogen-bond acceptors (Lipinski definition) is 1. The van der Waals surface area contributed by atoms with Crippen molar-refractivity contribution in [2.24, 2.45) is 0 Å². The van der Waals surface area contributed by atoms with Gasteiger partial charge in [-0.25, -0.2) is 0 Å². The van der Waals surface area contributed by atoms with E-state index in [1.807, 2.05) is 0 Å². The molecule has 0 spiro atoms. The molecule has 1 nitrogen and oxygen atoms in total. The maximum Gasteiger partial charge on any atom is 0.0380 e. The summed E-state index contributed by atoms with van der Waals surface area (Å²) in [5.41, 5.74) is 5.17. The van der Waals surface area contributed by atoms with E-state index < -0.39 is 0 Å². The summed E-state index contributed by atoms with van der Waals surface area (Å²) in [6.07, 6.45) is 0. The number of nitrogens with one attached hydrogen (secondary N) is 1. The molecule has 1 N–H and O–H groups in total. The Morgan fingerprint density at radius 1 is 0.833 bits per heavy atom. The van der Waals surface area contributed by atoms with Crippen LogP contribution in [0.4, 0.5) is 5.69 Å². The third kappa shape index (κ3) is 2.92. The Labute approximate surface area is 110 Å². The summed E-state index contributed by atoms with van der Waals surface area (Å²) in [4.78, 5) is 0. The average molecular weight is 239 g/mol. The van der Waals surface area contributed by atoms with Gasteiger partial charge in [0.2, 0.25) is 0 Å². The molecule has 2 rings (SSSR count). The maximum atomic E-state index is 3.56. The number of anilines is 1. The molecule has 0 fully saturated rings. The number of rotatable bonds is 2. The monoisotopic (exact) mass is 239 g/mol. The van der Waals surface area contributed by atoms with Crippen LogP contribution >= 0.6 is 0 Å². The fourth-order valence-electron chi connectivity index (χ4n) is 2.11. The van der Waals surface area contributed by atoms with Gasteiger partial charge in [0.15, 0.2) is 0 Å². The Hall–Kier alpha value is -1.76. The Kier molecular flexibility index (Phi) is 3.42. The van der Waals surface area contributed by atoms with Crippen LogP contribution in [0.5, 0.6) is 0 Å². The van der Waals surface area contributed by atoms with Gasteiger partial charge in [-0.1, -0.05) is 42.5 Å². The first-order chi connectivity index (χ1) is 8.47. The van der Waals surface area contributed by atoms with Crippen LogP contribution < -0.4 is 5.32 Å². The van der Waals surface area contributed by atoms with Crippen molar-refractivity contribution in [1.29, 1.82) is 0 Å². The molecule has 2 aromatic carbocycles. The van der Waals surface area contributed by atoms with E-state index in [-0.39, 0.29) is 5.54 Å². The molecule has 94 valence electrons. The smallest absolute Gasteiger partial charge is 0.0380 e. The minimum absolute atomic E-state index is 0.0834. The fraction of sp³-hybridized carbons (Fsp3) is 0.294. The van der Waals surface area contributed by atoms with Crippen LogP contribution in [0, 0.1) is 6.92 Å². The van der Waals surface area contributed by atoms with E-state index in [0.717, 1.165) is 0 Å². The van der Waals surface area contributed by atoms with E-state index in [0.29, 0.717) is 0 Å². The highest BCUT2D eigenvalue weighted by Crippen LogP contribution is 2.29. The lowest BCUT2D eigenvalue weighted by molar-refractivity contribution is 0.633. The Bertz CT molecular complexity index is 521. The lowest BCUT2D eigenvalue weighted by atomic mass is 9.98. The first-order valence-corrected chi connectivity index (χ1v) is 6.40. The topological polar surface area (TPSA) is 12.0 Å². The molecule has 0 aromatic heterocycles. The zero-order valence-corrected chi connectivity index (χ0v) is 11.6. The molecular weight excluding hydrogens is 218 g/mol. The third-order valence-corrected chi connectivity index (χ3v) is 2.93. The second kappa shape index (κ2) is 4.85. The van der Waals surface area contributed by atoms with Crippen LogP contribution in [0.15, 0.2) is 48.5 Å². The Balaban J connectivity index is 2.43. The summed E-state index contributed by atoms with van der Waals surface area (Å²) in [5, 5.41) is 3.56. The summed E-state index contributed by atoms with van der Waals surface area (Å²) in [6.45, 7) is 8.72.